The van der Waals surface area contributed by atoms with Gasteiger partial charge in [-0.25, -0.2) is 0 Å². The average Bonchev–Trinajstić information content (AvgIpc) is 2.99. The molecule has 4 heteroatoms. The zero-order valence-electron chi connectivity index (χ0n) is 21.3. The summed E-state index contributed by atoms with van der Waals surface area (Å²) < 4.78 is 18.3. The van der Waals surface area contributed by atoms with Crippen molar-refractivity contribution in [2.45, 2.75) is 0 Å². The molecule has 5 aromatic carbocycles. The molecule has 5 aromatic rings. The van der Waals surface area contributed by atoms with Crippen LogP contribution in [0, 0.1) is 0 Å². The van der Waals surface area contributed by atoms with Gasteiger partial charge in [0.2, 0.25) is 0 Å². The second kappa shape index (κ2) is 11.1. The lowest BCUT2D eigenvalue weighted by Crippen LogP contribution is -2.55. The normalized spacial score (nSPS) is 11.4. The number of rotatable bonds is 8. The first kappa shape index (κ1) is 24.9. The lowest BCUT2D eigenvalue weighted by molar-refractivity contribution is 0.140. The molecule has 0 fully saturated rings. The second-order valence-corrected chi connectivity index (χ2v) is 11.6. The average molecular weight is 503 g/mol. The van der Waals surface area contributed by atoms with Crippen molar-refractivity contribution < 1.29 is 13.3 Å². The zero-order valence-corrected chi connectivity index (χ0v) is 22.3. The highest BCUT2D eigenvalue weighted by molar-refractivity contribution is 6.77. The summed E-state index contributed by atoms with van der Waals surface area (Å²) in [6.07, 6.45) is 0. The van der Waals surface area contributed by atoms with Crippen LogP contribution in [0.1, 0.15) is 0 Å². The summed E-state index contributed by atoms with van der Waals surface area (Å²) in [7, 11) is 1.74. The van der Waals surface area contributed by atoms with Crippen molar-refractivity contribution >= 4 is 14.0 Å². The lowest BCUT2D eigenvalue weighted by atomic mass is 9.83. The van der Waals surface area contributed by atoms with Crippen molar-refractivity contribution in [1.29, 1.82) is 0 Å². The summed E-state index contributed by atoms with van der Waals surface area (Å²) >= 11 is 0. The third-order valence-electron chi connectivity index (χ3n) is 6.74. The molecule has 0 aliphatic heterocycles. The van der Waals surface area contributed by atoms with E-state index >= 15 is 0 Å². The van der Waals surface area contributed by atoms with Crippen molar-refractivity contribution in [3.05, 3.63) is 127 Å². The van der Waals surface area contributed by atoms with Gasteiger partial charge in [-0.05, 0) is 50.6 Å². The van der Waals surface area contributed by atoms with Crippen molar-refractivity contribution in [3.63, 3.8) is 0 Å². The zero-order chi connectivity index (χ0) is 25.7. The van der Waals surface area contributed by atoms with E-state index in [2.05, 4.69) is 109 Å². The molecule has 0 amide bonds. The monoisotopic (exact) mass is 502 g/mol. The summed E-state index contributed by atoms with van der Waals surface area (Å²) in [4.78, 5) is 0. The maximum atomic E-state index is 6.11. The Bertz CT molecular complexity index is 1440. The molecule has 0 heterocycles. The van der Waals surface area contributed by atoms with E-state index in [1.54, 1.807) is 21.3 Å². The molecule has 0 atom stereocenters. The molecule has 37 heavy (non-hydrogen) atoms. The van der Waals surface area contributed by atoms with Gasteiger partial charge in [-0.1, -0.05) is 121 Å². The van der Waals surface area contributed by atoms with Crippen LogP contribution >= 0.6 is 0 Å². The van der Waals surface area contributed by atoms with Crippen molar-refractivity contribution in [3.8, 4) is 44.5 Å². The fourth-order valence-electron chi connectivity index (χ4n) is 5.05. The quantitative estimate of drug-likeness (QED) is 0.206. The minimum absolute atomic E-state index is 0.934. The summed E-state index contributed by atoms with van der Waals surface area (Å²) in [6, 6.07) is 44.3. The first-order valence-electron chi connectivity index (χ1n) is 12.3. The van der Waals surface area contributed by atoms with Crippen LogP contribution in [0.4, 0.5) is 0 Å². The highest BCUT2D eigenvalue weighted by atomic mass is 28.4. The molecule has 0 aromatic heterocycles. The van der Waals surface area contributed by atoms with E-state index in [4.69, 9.17) is 13.3 Å². The Morgan fingerprint density at radius 2 is 0.757 bits per heavy atom. The van der Waals surface area contributed by atoms with E-state index in [1.807, 2.05) is 18.2 Å². The first-order chi connectivity index (χ1) is 18.2. The molecule has 0 aliphatic rings. The minimum atomic E-state index is -3.27. The van der Waals surface area contributed by atoms with Crippen molar-refractivity contribution in [2.24, 2.45) is 0 Å². The summed E-state index contributed by atoms with van der Waals surface area (Å²) in [5.41, 5.74) is 8.89. The number of hydrogen-bond acceptors (Lipinski definition) is 3. The first-order valence-corrected chi connectivity index (χ1v) is 14.0. The van der Waals surface area contributed by atoms with Crippen LogP contribution in [0.25, 0.3) is 44.5 Å². The maximum Gasteiger partial charge on any atom is 0.537 e. The smallest absolute Gasteiger partial charge is 0.373 e. The molecular weight excluding hydrogens is 472 g/mol. The van der Waals surface area contributed by atoms with Gasteiger partial charge >= 0.3 is 8.80 Å². The molecule has 0 aliphatic carbocycles. The fraction of sp³-hybridized carbons (Fsp3) is 0.0909. The van der Waals surface area contributed by atoms with Gasteiger partial charge in [-0.3, -0.25) is 0 Å². The third-order valence-corrected chi connectivity index (χ3v) is 9.40. The molecule has 0 bridgehead atoms. The molecule has 0 spiro atoms. The summed E-state index contributed by atoms with van der Waals surface area (Å²) in [5, 5.41) is 0.934. The molecule has 0 N–H and O–H groups in total. The van der Waals surface area contributed by atoms with Crippen LogP contribution in [-0.4, -0.2) is 30.1 Å². The van der Waals surface area contributed by atoms with E-state index in [9.17, 15) is 0 Å². The molecule has 0 saturated heterocycles. The number of benzene rings is 5. The van der Waals surface area contributed by atoms with Gasteiger partial charge in [-0.15, -0.1) is 0 Å². The Morgan fingerprint density at radius 1 is 0.405 bits per heavy atom. The Kier molecular flexibility index (Phi) is 7.44. The highest BCUT2D eigenvalue weighted by Gasteiger charge is 2.44. The van der Waals surface area contributed by atoms with Crippen molar-refractivity contribution in [1.82, 2.24) is 0 Å². The van der Waals surface area contributed by atoms with E-state index < -0.39 is 8.80 Å². The molecule has 3 nitrogen and oxygen atoms in total. The number of hydrogen-bond donors (Lipinski definition) is 0. The second-order valence-electron chi connectivity index (χ2n) is 8.73. The van der Waals surface area contributed by atoms with E-state index in [-0.39, 0.29) is 0 Å². The SMILES string of the molecule is CO[Si](OC)(OC)c1cc(-c2ccccc2)c(-c2ccccc2)c(-c2ccccc2)c1-c1ccccc1. The molecule has 184 valence electrons. The van der Waals surface area contributed by atoms with Crippen LogP contribution in [0.15, 0.2) is 127 Å². The summed E-state index contributed by atoms with van der Waals surface area (Å²) in [6.45, 7) is 0. The standard InChI is InChI=1S/C33H30O3Si/c1-34-37(35-2,36-3)30-24-29(25-16-8-4-9-17-25)31(26-18-10-5-11-19-26)33(28-22-14-7-15-23-28)32(30)27-20-12-6-13-21-27/h4-24H,1-3H3. The minimum Gasteiger partial charge on any atom is -0.373 e. The van der Waals surface area contributed by atoms with Gasteiger partial charge in [0.25, 0.3) is 0 Å². The van der Waals surface area contributed by atoms with Crippen LogP contribution in [-0.2, 0) is 13.3 Å². The van der Waals surface area contributed by atoms with E-state index in [1.165, 1.54) is 0 Å². The van der Waals surface area contributed by atoms with E-state index in [0.717, 1.165) is 49.7 Å². The van der Waals surface area contributed by atoms with Gasteiger partial charge < -0.3 is 13.3 Å². The Morgan fingerprint density at radius 3 is 1.16 bits per heavy atom. The maximum absolute atomic E-state index is 6.11. The molecular formula is C33H30O3Si. The van der Waals surface area contributed by atoms with Gasteiger partial charge in [0.1, 0.15) is 0 Å². The predicted octanol–water partition coefficient (Wildman–Crippen LogP) is 7.44. The van der Waals surface area contributed by atoms with Gasteiger partial charge in [-0.2, -0.15) is 0 Å². The van der Waals surface area contributed by atoms with E-state index in [0.29, 0.717) is 0 Å². The van der Waals surface area contributed by atoms with Crippen LogP contribution in [0.2, 0.25) is 0 Å². The van der Waals surface area contributed by atoms with Gasteiger partial charge in [0, 0.05) is 26.5 Å². The van der Waals surface area contributed by atoms with Crippen LogP contribution in [0.5, 0.6) is 0 Å². The Balaban J connectivity index is 2.05. The lowest BCUT2D eigenvalue weighted by Gasteiger charge is -2.31. The molecule has 5 rings (SSSR count). The van der Waals surface area contributed by atoms with Crippen molar-refractivity contribution in [2.75, 3.05) is 21.3 Å². The Hall–Kier alpha value is -3.80. The van der Waals surface area contributed by atoms with Gasteiger partial charge in [0.05, 0.1) is 0 Å². The fourth-order valence-corrected chi connectivity index (χ4v) is 7.11. The highest BCUT2D eigenvalue weighted by Crippen LogP contribution is 2.45. The molecule has 0 saturated carbocycles. The summed E-state index contributed by atoms with van der Waals surface area (Å²) in [5.74, 6) is 0. The third kappa shape index (κ3) is 4.68. The van der Waals surface area contributed by atoms with Crippen LogP contribution in [0.3, 0.4) is 0 Å². The molecule has 0 unspecified atom stereocenters. The largest absolute Gasteiger partial charge is 0.537 e. The molecule has 0 radical (unpaired) electrons. The predicted molar refractivity (Wildman–Crippen MR) is 155 cm³/mol. The van der Waals surface area contributed by atoms with Crippen LogP contribution < -0.4 is 5.19 Å². The topological polar surface area (TPSA) is 27.7 Å². The van der Waals surface area contributed by atoms with Gasteiger partial charge in [0.15, 0.2) is 0 Å². The Labute approximate surface area is 220 Å².